The first-order chi connectivity index (χ1) is 12.1. The smallest absolute Gasteiger partial charge is 0.416 e. The second-order valence-corrected chi connectivity index (χ2v) is 6.21. The minimum atomic E-state index is -4.47. The number of benzene rings is 2. The van der Waals surface area contributed by atoms with E-state index in [1.807, 2.05) is 0 Å². The Hall–Kier alpha value is -2.74. The van der Waals surface area contributed by atoms with Gasteiger partial charge in [0.15, 0.2) is 0 Å². The maximum Gasteiger partial charge on any atom is 0.416 e. The highest BCUT2D eigenvalue weighted by Gasteiger charge is 2.50. The Labute approximate surface area is 147 Å². The average Bonchev–Trinajstić information content (AvgIpc) is 2.93. The molecule has 26 heavy (non-hydrogen) atoms. The quantitative estimate of drug-likeness (QED) is 0.561. The van der Waals surface area contributed by atoms with Gasteiger partial charge < -0.3 is 14.9 Å². The van der Waals surface area contributed by atoms with Crippen LogP contribution in [0, 0.1) is 0 Å². The zero-order chi connectivity index (χ0) is 19.3. The lowest BCUT2D eigenvalue weighted by molar-refractivity contribution is -0.148. The molecule has 138 valence electrons. The highest BCUT2D eigenvalue weighted by atomic mass is 19.4. The van der Waals surface area contributed by atoms with E-state index in [2.05, 4.69) is 5.32 Å². The minimum Gasteiger partial charge on any atom is -0.508 e. The topological polar surface area (TPSA) is 78.8 Å². The standard InChI is InChI=1S/C18H16F3NO4/c1-17(16(25)26-2)14-12(24)8-7-11(23)13(14)15(22-17)9-3-5-10(6-4-9)18(19,20)21/h3-8,15,22-24H,1-2H3/t15-,17-/m0/s1. The summed E-state index contributed by atoms with van der Waals surface area (Å²) in [6.45, 7) is 1.47. The maximum absolute atomic E-state index is 12.8. The molecule has 0 radical (unpaired) electrons. The molecular weight excluding hydrogens is 351 g/mol. The number of halogens is 3. The van der Waals surface area contributed by atoms with Crippen LogP contribution in [0.5, 0.6) is 11.5 Å². The van der Waals surface area contributed by atoms with Gasteiger partial charge in [-0.25, -0.2) is 4.79 Å². The van der Waals surface area contributed by atoms with Crippen LogP contribution in [0.4, 0.5) is 13.2 Å². The average molecular weight is 367 g/mol. The molecule has 3 N–H and O–H groups in total. The Morgan fingerprint density at radius 3 is 2.23 bits per heavy atom. The Morgan fingerprint density at radius 2 is 1.69 bits per heavy atom. The first kappa shape index (κ1) is 18.1. The number of phenols is 2. The van der Waals surface area contributed by atoms with Crippen LogP contribution in [-0.2, 0) is 21.2 Å². The van der Waals surface area contributed by atoms with Crippen LogP contribution in [0.1, 0.15) is 35.2 Å². The molecular formula is C18H16F3NO4. The van der Waals surface area contributed by atoms with E-state index < -0.39 is 29.3 Å². The van der Waals surface area contributed by atoms with Gasteiger partial charge in [0.2, 0.25) is 0 Å². The van der Waals surface area contributed by atoms with Crippen LogP contribution in [0.15, 0.2) is 36.4 Å². The molecule has 1 aliphatic heterocycles. The molecule has 8 heteroatoms. The largest absolute Gasteiger partial charge is 0.508 e. The lowest BCUT2D eigenvalue weighted by Gasteiger charge is -2.24. The summed E-state index contributed by atoms with van der Waals surface area (Å²) < 4.78 is 43.1. The molecule has 1 heterocycles. The number of hydrogen-bond donors (Lipinski definition) is 3. The van der Waals surface area contributed by atoms with Gasteiger partial charge in [-0.1, -0.05) is 12.1 Å². The van der Waals surface area contributed by atoms with Crippen LogP contribution in [0.3, 0.4) is 0 Å². The number of methoxy groups -OCH3 is 1. The molecule has 5 nitrogen and oxygen atoms in total. The fraction of sp³-hybridized carbons (Fsp3) is 0.278. The fourth-order valence-corrected chi connectivity index (χ4v) is 3.33. The number of alkyl halides is 3. The zero-order valence-corrected chi connectivity index (χ0v) is 13.9. The summed E-state index contributed by atoms with van der Waals surface area (Å²) in [6.07, 6.45) is -4.47. The molecule has 0 aliphatic carbocycles. The molecule has 0 saturated carbocycles. The molecule has 3 rings (SSSR count). The number of carbonyl (C=O) groups is 1. The third-order valence-corrected chi connectivity index (χ3v) is 4.59. The zero-order valence-electron chi connectivity index (χ0n) is 13.9. The van der Waals surface area contributed by atoms with Crippen molar-refractivity contribution in [3.8, 4) is 11.5 Å². The Kier molecular flexibility index (Phi) is 4.11. The van der Waals surface area contributed by atoms with Crippen molar-refractivity contribution in [3.05, 3.63) is 58.7 Å². The molecule has 0 bridgehead atoms. The van der Waals surface area contributed by atoms with Crippen molar-refractivity contribution >= 4 is 5.97 Å². The van der Waals surface area contributed by atoms with Crippen molar-refractivity contribution in [2.24, 2.45) is 0 Å². The van der Waals surface area contributed by atoms with Crippen molar-refractivity contribution in [2.75, 3.05) is 7.11 Å². The fourth-order valence-electron chi connectivity index (χ4n) is 3.33. The molecule has 2 aromatic rings. The first-order valence-electron chi connectivity index (χ1n) is 7.68. The van der Waals surface area contributed by atoms with E-state index in [0.29, 0.717) is 5.56 Å². The second-order valence-electron chi connectivity index (χ2n) is 6.21. The van der Waals surface area contributed by atoms with E-state index >= 15 is 0 Å². The summed E-state index contributed by atoms with van der Waals surface area (Å²) in [5.74, 6) is -1.12. The van der Waals surface area contributed by atoms with E-state index in [0.717, 1.165) is 12.1 Å². The van der Waals surface area contributed by atoms with Crippen molar-refractivity contribution in [1.29, 1.82) is 0 Å². The van der Waals surface area contributed by atoms with Gasteiger partial charge in [-0.2, -0.15) is 13.2 Å². The second kappa shape index (κ2) is 5.91. The monoisotopic (exact) mass is 367 g/mol. The molecule has 2 aromatic carbocycles. The van der Waals surface area contributed by atoms with Crippen LogP contribution < -0.4 is 5.32 Å². The highest BCUT2D eigenvalue weighted by molar-refractivity contribution is 5.86. The first-order valence-corrected chi connectivity index (χ1v) is 7.68. The van der Waals surface area contributed by atoms with E-state index in [-0.39, 0.29) is 22.6 Å². The lowest BCUT2D eigenvalue weighted by atomic mass is 9.89. The number of aromatic hydroxyl groups is 2. The van der Waals surface area contributed by atoms with Gasteiger partial charge in [-0.3, -0.25) is 5.32 Å². The highest BCUT2D eigenvalue weighted by Crippen LogP contribution is 2.49. The van der Waals surface area contributed by atoms with Gasteiger partial charge in [0, 0.05) is 11.1 Å². The van der Waals surface area contributed by atoms with E-state index in [1.165, 1.54) is 38.3 Å². The van der Waals surface area contributed by atoms with E-state index in [4.69, 9.17) is 4.74 Å². The van der Waals surface area contributed by atoms with Gasteiger partial charge >= 0.3 is 12.1 Å². The molecule has 0 spiro atoms. The normalized spacial score (nSPS) is 22.1. The lowest BCUT2D eigenvalue weighted by Crippen LogP contribution is -2.44. The molecule has 0 aromatic heterocycles. The predicted octanol–water partition coefficient (Wildman–Crippen LogP) is 3.20. The van der Waals surface area contributed by atoms with Crippen molar-refractivity contribution in [2.45, 2.75) is 24.7 Å². The molecule has 1 aliphatic rings. The Morgan fingerprint density at radius 1 is 1.12 bits per heavy atom. The van der Waals surface area contributed by atoms with Gasteiger partial charge in [-0.15, -0.1) is 0 Å². The summed E-state index contributed by atoms with van der Waals surface area (Å²) in [5, 5.41) is 23.5. The Balaban J connectivity index is 2.14. The Bertz CT molecular complexity index is 864. The number of fused-ring (bicyclic) bond motifs is 1. The van der Waals surface area contributed by atoms with Crippen LogP contribution in [0.2, 0.25) is 0 Å². The summed E-state index contributed by atoms with van der Waals surface area (Å²) >= 11 is 0. The van der Waals surface area contributed by atoms with Crippen LogP contribution in [0.25, 0.3) is 0 Å². The van der Waals surface area contributed by atoms with Crippen LogP contribution in [-0.4, -0.2) is 23.3 Å². The van der Waals surface area contributed by atoms with Gasteiger partial charge in [0.25, 0.3) is 0 Å². The van der Waals surface area contributed by atoms with Gasteiger partial charge in [-0.05, 0) is 36.8 Å². The van der Waals surface area contributed by atoms with Gasteiger partial charge in [0.1, 0.15) is 17.0 Å². The summed E-state index contributed by atoms with van der Waals surface area (Å²) in [5.41, 5.74) is -1.53. The SMILES string of the molecule is COC(=O)[C@@]1(C)N[C@@H](c2ccc(C(F)(F)F)cc2)c2c(O)ccc(O)c21. The van der Waals surface area contributed by atoms with Crippen LogP contribution >= 0.6 is 0 Å². The summed E-state index contributed by atoms with van der Waals surface area (Å²) in [4.78, 5) is 12.3. The summed E-state index contributed by atoms with van der Waals surface area (Å²) in [7, 11) is 1.18. The predicted molar refractivity (Wildman–Crippen MR) is 85.6 cm³/mol. The number of esters is 1. The minimum absolute atomic E-state index is 0.134. The van der Waals surface area contributed by atoms with Gasteiger partial charge in [0.05, 0.1) is 18.7 Å². The number of rotatable bonds is 2. The number of phenolic OH excluding ortho intramolecular Hbond substituents is 2. The molecule has 0 amide bonds. The van der Waals surface area contributed by atoms with Crippen molar-refractivity contribution in [3.63, 3.8) is 0 Å². The maximum atomic E-state index is 12.8. The third-order valence-electron chi connectivity index (χ3n) is 4.59. The number of nitrogens with one attached hydrogen (secondary N) is 1. The molecule has 0 saturated heterocycles. The van der Waals surface area contributed by atoms with E-state index in [1.54, 1.807) is 0 Å². The molecule has 0 fully saturated rings. The van der Waals surface area contributed by atoms with Crippen molar-refractivity contribution in [1.82, 2.24) is 5.32 Å². The number of ether oxygens (including phenoxy) is 1. The third kappa shape index (κ3) is 2.66. The molecule has 2 atom stereocenters. The number of hydrogen-bond acceptors (Lipinski definition) is 5. The van der Waals surface area contributed by atoms with E-state index in [9.17, 15) is 28.2 Å². The van der Waals surface area contributed by atoms with Crippen molar-refractivity contribution < 1.29 is 32.9 Å². The number of carbonyl (C=O) groups excluding carboxylic acids is 1. The molecule has 0 unspecified atom stereocenters. The summed E-state index contributed by atoms with van der Waals surface area (Å²) in [6, 6.07) is 6.06.